The summed E-state index contributed by atoms with van der Waals surface area (Å²) in [5, 5.41) is 13.6. The number of amides is 1. The van der Waals surface area contributed by atoms with Crippen LogP contribution in [-0.4, -0.2) is 16.1 Å². The Morgan fingerprint density at radius 2 is 1.73 bits per heavy atom. The highest BCUT2D eigenvalue weighted by atomic mass is 35.5. The Balaban J connectivity index is 1.75. The molecule has 4 nitrogen and oxygen atoms in total. The van der Waals surface area contributed by atoms with Crippen LogP contribution in [0.25, 0.3) is 22.4 Å². The van der Waals surface area contributed by atoms with Crippen LogP contribution in [0.4, 0.5) is 4.39 Å². The van der Waals surface area contributed by atoms with Crippen molar-refractivity contribution in [3.8, 4) is 28.5 Å². The summed E-state index contributed by atoms with van der Waals surface area (Å²) in [7, 11) is 0. The van der Waals surface area contributed by atoms with Crippen molar-refractivity contribution in [3.63, 3.8) is 0 Å². The van der Waals surface area contributed by atoms with Gasteiger partial charge in [0.1, 0.15) is 16.9 Å². The number of carbonyl (C=O) groups is 1. The maximum atomic E-state index is 14.9. The fourth-order valence-corrected chi connectivity index (χ4v) is 5.13. The predicted molar refractivity (Wildman–Crippen MR) is 148 cm³/mol. The highest BCUT2D eigenvalue weighted by Crippen LogP contribution is 2.37. The van der Waals surface area contributed by atoms with E-state index in [9.17, 15) is 14.4 Å². The molecule has 0 saturated heterocycles. The van der Waals surface area contributed by atoms with Gasteiger partial charge in [-0.1, -0.05) is 91.0 Å². The molecule has 4 rings (SSSR count). The van der Waals surface area contributed by atoms with Crippen molar-refractivity contribution in [2.75, 3.05) is 0 Å². The van der Waals surface area contributed by atoms with E-state index in [-0.39, 0.29) is 17.5 Å². The SMILES string of the molecule is CC[C@H](Sc1nc(-c2ccc(Cl)cc2)cc(-c2ccccc2F)c1C#N)C(=O)N[C@H](C)c1ccccc1. The van der Waals surface area contributed by atoms with E-state index in [1.165, 1.54) is 17.8 Å². The molecule has 0 aliphatic rings. The third kappa shape index (κ3) is 6.19. The van der Waals surface area contributed by atoms with Gasteiger partial charge in [0.15, 0.2) is 0 Å². The minimum Gasteiger partial charge on any atom is -0.349 e. The summed E-state index contributed by atoms with van der Waals surface area (Å²) in [6.45, 7) is 3.85. The van der Waals surface area contributed by atoms with Crippen LogP contribution in [-0.2, 0) is 4.79 Å². The average Bonchev–Trinajstić information content (AvgIpc) is 2.92. The van der Waals surface area contributed by atoms with Crippen LogP contribution >= 0.6 is 23.4 Å². The van der Waals surface area contributed by atoms with Gasteiger partial charge in [-0.05, 0) is 43.2 Å². The molecule has 1 amide bonds. The second-order valence-corrected chi connectivity index (χ2v) is 10.1. The maximum absolute atomic E-state index is 14.9. The minimum atomic E-state index is -0.500. The lowest BCUT2D eigenvalue weighted by Crippen LogP contribution is -2.34. The largest absolute Gasteiger partial charge is 0.349 e. The van der Waals surface area contributed by atoms with Crippen molar-refractivity contribution >= 4 is 29.3 Å². The molecular formula is C30H25ClFN3OS. The number of benzene rings is 3. The fourth-order valence-electron chi connectivity index (χ4n) is 3.96. The molecule has 186 valence electrons. The number of carbonyl (C=O) groups excluding carboxylic acids is 1. The summed E-state index contributed by atoms with van der Waals surface area (Å²) in [6.07, 6.45) is 0.519. The quantitative estimate of drug-likeness (QED) is 0.236. The summed E-state index contributed by atoms with van der Waals surface area (Å²) in [5.41, 5.74) is 3.28. The van der Waals surface area contributed by atoms with E-state index in [0.29, 0.717) is 33.3 Å². The van der Waals surface area contributed by atoms with E-state index in [4.69, 9.17) is 16.6 Å². The minimum absolute atomic E-state index is 0.154. The summed E-state index contributed by atoms with van der Waals surface area (Å²) >= 11 is 7.29. The van der Waals surface area contributed by atoms with E-state index in [2.05, 4.69) is 11.4 Å². The zero-order valence-electron chi connectivity index (χ0n) is 20.4. The molecule has 1 heterocycles. The van der Waals surface area contributed by atoms with Crippen molar-refractivity contribution in [2.24, 2.45) is 0 Å². The molecular weight excluding hydrogens is 505 g/mol. The molecule has 0 bridgehead atoms. The van der Waals surface area contributed by atoms with Crippen LogP contribution in [0.1, 0.15) is 37.4 Å². The normalized spacial score (nSPS) is 12.4. The van der Waals surface area contributed by atoms with Gasteiger partial charge >= 0.3 is 0 Å². The first-order valence-corrected chi connectivity index (χ1v) is 13.1. The second kappa shape index (κ2) is 12.1. The molecule has 0 aliphatic heterocycles. The lowest BCUT2D eigenvalue weighted by atomic mass is 9.99. The van der Waals surface area contributed by atoms with Crippen molar-refractivity contribution in [3.05, 3.63) is 107 Å². The Hall–Kier alpha value is -3.66. The number of halogens is 2. The maximum Gasteiger partial charge on any atom is 0.234 e. The monoisotopic (exact) mass is 529 g/mol. The molecule has 7 heteroatoms. The lowest BCUT2D eigenvalue weighted by molar-refractivity contribution is -0.121. The van der Waals surface area contributed by atoms with Gasteiger partial charge in [0, 0.05) is 21.7 Å². The van der Waals surface area contributed by atoms with Gasteiger partial charge in [-0.2, -0.15) is 5.26 Å². The molecule has 37 heavy (non-hydrogen) atoms. The van der Waals surface area contributed by atoms with E-state index < -0.39 is 11.1 Å². The number of nitrogens with one attached hydrogen (secondary N) is 1. The standard InChI is InChI=1S/C30H25ClFN3OS/c1-3-28(29(36)34-19(2)20-9-5-4-6-10-20)37-30-25(18-33)24(23-11-7-8-12-26(23)32)17-27(35-30)21-13-15-22(31)16-14-21/h4-17,19,28H,3H2,1-2H3,(H,34,36)/t19-,28+/m1/s1. The molecule has 0 fully saturated rings. The number of nitrogens with zero attached hydrogens (tertiary/aromatic N) is 2. The van der Waals surface area contributed by atoms with Gasteiger partial charge < -0.3 is 5.32 Å². The molecule has 0 spiro atoms. The number of thioether (sulfide) groups is 1. The molecule has 0 unspecified atom stereocenters. The Kier molecular flexibility index (Phi) is 8.60. The molecule has 1 N–H and O–H groups in total. The molecule has 1 aromatic heterocycles. The van der Waals surface area contributed by atoms with Crippen molar-refractivity contribution in [1.82, 2.24) is 10.3 Å². The van der Waals surface area contributed by atoms with Crippen LogP contribution in [0.2, 0.25) is 5.02 Å². The highest BCUT2D eigenvalue weighted by Gasteiger charge is 2.25. The average molecular weight is 530 g/mol. The number of nitriles is 1. The van der Waals surface area contributed by atoms with Gasteiger partial charge in [0.25, 0.3) is 0 Å². The second-order valence-electron chi connectivity index (χ2n) is 8.49. The smallest absolute Gasteiger partial charge is 0.234 e. The Morgan fingerprint density at radius 3 is 2.38 bits per heavy atom. The first kappa shape index (κ1) is 26.4. The van der Waals surface area contributed by atoms with Crippen molar-refractivity contribution in [2.45, 2.75) is 36.6 Å². The van der Waals surface area contributed by atoms with Crippen LogP contribution in [0.15, 0.2) is 90.0 Å². The van der Waals surface area contributed by atoms with Crippen LogP contribution in [0.3, 0.4) is 0 Å². The van der Waals surface area contributed by atoms with E-state index in [1.54, 1.807) is 36.4 Å². The zero-order valence-corrected chi connectivity index (χ0v) is 22.0. The van der Waals surface area contributed by atoms with Gasteiger partial charge in [0.2, 0.25) is 5.91 Å². The Labute approximate surface area is 225 Å². The molecule has 0 aliphatic carbocycles. The predicted octanol–water partition coefficient (Wildman–Crippen LogP) is 7.83. The molecule has 0 radical (unpaired) electrons. The number of pyridine rings is 1. The molecule has 0 saturated carbocycles. The first-order valence-electron chi connectivity index (χ1n) is 11.9. The summed E-state index contributed by atoms with van der Waals surface area (Å²) in [5.74, 6) is -0.594. The van der Waals surface area contributed by atoms with Crippen LogP contribution in [0, 0.1) is 17.1 Å². The number of hydrogen-bond acceptors (Lipinski definition) is 4. The van der Waals surface area contributed by atoms with Crippen molar-refractivity contribution < 1.29 is 9.18 Å². The third-order valence-corrected chi connectivity index (χ3v) is 7.58. The fraction of sp³-hybridized carbons (Fsp3) is 0.167. The van der Waals surface area contributed by atoms with Crippen LogP contribution in [0.5, 0.6) is 0 Å². The number of hydrogen-bond donors (Lipinski definition) is 1. The van der Waals surface area contributed by atoms with Gasteiger partial charge in [0.05, 0.1) is 22.5 Å². The van der Waals surface area contributed by atoms with E-state index >= 15 is 0 Å². The Morgan fingerprint density at radius 1 is 1.05 bits per heavy atom. The number of rotatable bonds is 8. The van der Waals surface area contributed by atoms with Gasteiger partial charge in [-0.15, -0.1) is 0 Å². The summed E-state index contributed by atoms with van der Waals surface area (Å²) < 4.78 is 14.9. The topological polar surface area (TPSA) is 65.8 Å². The lowest BCUT2D eigenvalue weighted by Gasteiger charge is -2.20. The van der Waals surface area contributed by atoms with E-state index in [1.807, 2.05) is 56.3 Å². The van der Waals surface area contributed by atoms with Gasteiger partial charge in [-0.25, -0.2) is 9.37 Å². The zero-order chi connectivity index (χ0) is 26.4. The summed E-state index contributed by atoms with van der Waals surface area (Å²) in [4.78, 5) is 18.0. The van der Waals surface area contributed by atoms with Crippen LogP contribution < -0.4 is 5.32 Å². The molecule has 4 aromatic rings. The molecule has 2 atom stereocenters. The highest BCUT2D eigenvalue weighted by molar-refractivity contribution is 8.00. The Bertz CT molecular complexity index is 1440. The van der Waals surface area contributed by atoms with Crippen molar-refractivity contribution in [1.29, 1.82) is 5.26 Å². The summed E-state index contributed by atoms with van der Waals surface area (Å²) in [6, 6.07) is 26.9. The third-order valence-electron chi connectivity index (χ3n) is 5.98. The molecule has 3 aromatic carbocycles. The van der Waals surface area contributed by atoms with E-state index in [0.717, 1.165) is 11.1 Å². The number of aromatic nitrogens is 1. The first-order chi connectivity index (χ1) is 17.9. The van der Waals surface area contributed by atoms with Gasteiger partial charge in [-0.3, -0.25) is 4.79 Å².